The van der Waals surface area contributed by atoms with E-state index in [0.29, 0.717) is 25.9 Å². The summed E-state index contributed by atoms with van der Waals surface area (Å²) < 4.78 is 76.7. The van der Waals surface area contributed by atoms with E-state index in [1.165, 1.54) is 29.2 Å². The molecular formula is C22H22F6N4O2. The van der Waals surface area contributed by atoms with Gasteiger partial charge >= 0.3 is 24.4 Å². The van der Waals surface area contributed by atoms with Crippen LogP contribution in [-0.4, -0.2) is 36.6 Å². The van der Waals surface area contributed by atoms with Gasteiger partial charge in [-0.2, -0.15) is 26.3 Å². The Morgan fingerprint density at radius 1 is 0.824 bits per heavy atom. The van der Waals surface area contributed by atoms with E-state index in [1.54, 1.807) is 0 Å². The second-order valence-electron chi connectivity index (χ2n) is 7.85. The van der Waals surface area contributed by atoms with E-state index in [0.717, 1.165) is 24.3 Å². The molecule has 184 valence electrons. The monoisotopic (exact) mass is 488 g/mol. The minimum Gasteiger partial charge on any atom is -0.338 e. The molecule has 2 aromatic carbocycles. The summed E-state index contributed by atoms with van der Waals surface area (Å²) in [5.41, 5.74) is -1.69. The predicted octanol–water partition coefficient (Wildman–Crippen LogP) is 5.79. The molecule has 0 aromatic heterocycles. The third-order valence-electron chi connectivity index (χ3n) is 5.34. The molecule has 4 amide bonds. The Labute approximate surface area is 191 Å². The van der Waals surface area contributed by atoms with Crippen LogP contribution >= 0.6 is 0 Å². The molecular weight excluding hydrogens is 466 g/mol. The highest BCUT2D eigenvalue weighted by molar-refractivity contribution is 5.90. The van der Waals surface area contributed by atoms with Crippen molar-refractivity contribution < 1.29 is 35.9 Å². The van der Waals surface area contributed by atoms with Crippen molar-refractivity contribution in [3.63, 3.8) is 0 Å². The first-order valence-corrected chi connectivity index (χ1v) is 10.4. The number of rotatable bonds is 4. The summed E-state index contributed by atoms with van der Waals surface area (Å²) in [4.78, 5) is 25.9. The number of nitrogens with zero attached hydrogens (tertiary/aromatic N) is 1. The summed E-state index contributed by atoms with van der Waals surface area (Å²) in [6, 6.07) is 7.45. The van der Waals surface area contributed by atoms with Crippen molar-refractivity contribution in [2.45, 2.75) is 25.2 Å². The zero-order valence-electron chi connectivity index (χ0n) is 17.8. The van der Waals surface area contributed by atoms with Gasteiger partial charge in [-0.25, -0.2) is 9.59 Å². The maximum atomic E-state index is 12.8. The molecule has 3 rings (SSSR count). The van der Waals surface area contributed by atoms with Gasteiger partial charge in [0.05, 0.1) is 11.1 Å². The number of hydrogen-bond acceptors (Lipinski definition) is 2. The average molecular weight is 488 g/mol. The van der Waals surface area contributed by atoms with Crippen molar-refractivity contribution in [1.29, 1.82) is 0 Å². The zero-order chi connectivity index (χ0) is 24.9. The number of hydrogen-bond donors (Lipinski definition) is 3. The minimum absolute atomic E-state index is 0.00779. The number of anilines is 2. The highest BCUT2D eigenvalue weighted by Crippen LogP contribution is 2.31. The Morgan fingerprint density at radius 3 is 1.82 bits per heavy atom. The number of carbonyl (C=O) groups excluding carboxylic acids is 2. The van der Waals surface area contributed by atoms with Gasteiger partial charge in [-0.1, -0.05) is 12.1 Å². The summed E-state index contributed by atoms with van der Waals surface area (Å²) in [6.07, 6.45) is -7.95. The molecule has 6 nitrogen and oxygen atoms in total. The van der Waals surface area contributed by atoms with E-state index in [4.69, 9.17) is 0 Å². The molecule has 0 saturated carbocycles. The number of piperidine rings is 1. The fourth-order valence-corrected chi connectivity index (χ4v) is 3.50. The maximum Gasteiger partial charge on any atom is 0.416 e. The topological polar surface area (TPSA) is 73.5 Å². The van der Waals surface area contributed by atoms with E-state index in [1.807, 2.05) is 0 Å². The van der Waals surface area contributed by atoms with Crippen molar-refractivity contribution in [3.8, 4) is 0 Å². The number of benzene rings is 2. The third kappa shape index (κ3) is 7.03. The maximum absolute atomic E-state index is 12.8. The van der Waals surface area contributed by atoms with E-state index in [2.05, 4.69) is 16.0 Å². The molecule has 1 fully saturated rings. The third-order valence-corrected chi connectivity index (χ3v) is 5.34. The Balaban J connectivity index is 1.43. The van der Waals surface area contributed by atoms with Crippen molar-refractivity contribution in [1.82, 2.24) is 10.2 Å². The van der Waals surface area contributed by atoms with Crippen LogP contribution in [0.1, 0.15) is 24.0 Å². The van der Waals surface area contributed by atoms with E-state index >= 15 is 0 Å². The molecule has 0 aliphatic carbocycles. The van der Waals surface area contributed by atoms with Crippen LogP contribution in [0.4, 0.5) is 47.3 Å². The first-order valence-electron chi connectivity index (χ1n) is 10.4. The molecule has 1 aliphatic rings. The summed E-state index contributed by atoms with van der Waals surface area (Å²) in [5.74, 6) is 0.0323. The Hall–Kier alpha value is -3.44. The molecule has 1 saturated heterocycles. The standard InChI is InChI=1S/C22H22F6N4O2/c23-21(24,25)15-3-1-5-17(11-15)30-19(33)29-13-14-7-9-32(10-8-14)20(34)31-18-6-2-4-16(12-18)22(26,27)28/h1-6,11-12,14H,7-10,13H2,(H,31,34)(H2,29,30,33). The molecule has 0 spiro atoms. The Kier molecular flexibility index (Phi) is 7.57. The number of carbonyl (C=O) groups is 2. The number of nitrogens with one attached hydrogen (secondary N) is 3. The lowest BCUT2D eigenvalue weighted by Crippen LogP contribution is -2.43. The van der Waals surface area contributed by atoms with Crippen LogP contribution in [0.3, 0.4) is 0 Å². The normalized spacial score (nSPS) is 15.1. The SMILES string of the molecule is O=C(NCC1CCN(C(=O)Nc2cccc(C(F)(F)F)c2)CC1)Nc1cccc(C(F)(F)F)c1. The molecule has 12 heteroatoms. The van der Waals surface area contributed by atoms with Crippen LogP contribution in [0.15, 0.2) is 48.5 Å². The average Bonchev–Trinajstić information content (AvgIpc) is 2.77. The highest BCUT2D eigenvalue weighted by Gasteiger charge is 2.31. The van der Waals surface area contributed by atoms with Gasteiger partial charge in [0.1, 0.15) is 0 Å². The van der Waals surface area contributed by atoms with Crippen molar-refractivity contribution in [2.24, 2.45) is 5.92 Å². The van der Waals surface area contributed by atoms with Crippen LogP contribution in [0.5, 0.6) is 0 Å². The lowest BCUT2D eigenvalue weighted by atomic mass is 9.97. The minimum atomic E-state index is -4.52. The van der Waals surface area contributed by atoms with Gasteiger partial charge in [0.2, 0.25) is 0 Å². The molecule has 1 aliphatic heterocycles. The number of halogens is 6. The van der Waals surface area contributed by atoms with Crippen LogP contribution in [0.25, 0.3) is 0 Å². The van der Waals surface area contributed by atoms with Gasteiger partial charge in [-0.15, -0.1) is 0 Å². The fourth-order valence-electron chi connectivity index (χ4n) is 3.50. The van der Waals surface area contributed by atoms with Gasteiger partial charge in [-0.05, 0) is 55.2 Å². The van der Waals surface area contributed by atoms with Gasteiger partial charge in [0.15, 0.2) is 0 Å². The summed E-state index contributed by atoms with van der Waals surface area (Å²) in [5, 5.41) is 7.42. The second kappa shape index (κ2) is 10.2. The summed E-state index contributed by atoms with van der Waals surface area (Å²) in [7, 11) is 0. The smallest absolute Gasteiger partial charge is 0.338 e. The Bertz CT molecular complexity index is 1020. The van der Waals surface area contributed by atoms with Gasteiger partial charge < -0.3 is 20.9 Å². The van der Waals surface area contributed by atoms with Crippen LogP contribution < -0.4 is 16.0 Å². The molecule has 0 unspecified atom stereocenters. The van der Waals surface area contributed by atoms with E-state index < -0.39 is 35.5 Å². The van der Waals surface area contributed by atoms with Crippen molar-refractivity contribution in [2.75, 3.05) is 30.3 Å². The molecule has 3 N–H and O–H groups in total. The van der Waals surface area contributed by atoms with Crippen LogP contribution in [-0.2, 0) is 12.4 Å². The first-order chi connectivity index (χ1) is 15.9. The quantitative estimate of drug-likeness (QED) is 0.477. The van der Waals surface area contributed by atoms with Crippen LogP contribution in [0.2, 0.25) is 0 Å². The number of amides is 4. The van der Waals surface area contributed by atoms with Crippen LogP contribution in [0, 0.1) is 5.92 Å². The summed E-state index contributed by atoms with van der Waals surface area (Å²) in [6.45, 7) is 0.937. The van der Waals surface area contributed by atoms with Gasteiger partial charge in [-0.3, -0.25) is 0 Å². The molecule has 2 aromatic rings. The lowest BCUT2D eigenvalue weighted by molar-refractivity contribution is -0.138. The van der Waals surface area contributed by atoms with Gasteiger partial charge in [0.25, 0.3) is 0 Å². The number of urea groups is 2. The van der Waals surface area contributed by atoms with Crippen molar-refractivity contribution >= 4 is 23.4 Å². The summed E-state index contributed by atoms with van der Waals surface area (Å²) >= 11 is 0. The highest BCUT2D eigenvalue weighted by atomic mass is 19.4. The fraction of sp³-hybridized carbons (Fsp3) is 0.364. The second-order valence-corrected chi connectivity index (χ2v) is 7.85. The zero-order valence-corrected chi connectivity index (χ0v) is 17.8. The molecule has 0 atom stereocenters. The largest absolute Gasteiger partial charge is 0.416 e. The first kappa shape index (κ1) is 25.2. The van der Waals surface area contributed by atoms with Gasteiger partial charge in [0, 0.05) is 31.0 Å². The number of likely N-dealkylation sites (tertiary alicyclic amines) is 1. The molecule has 1 heterocycles. The predicted molar refractivity (Wildman–Crippen MR) is 113 cm³/mol. The molecule has 0 radical (unpaired) electrons. The van der Waals surface area contributed by atoms with E-state index in [-0.39, 0.29) is 23.8 Å². The molecule has 34 heavy (non-hydrogen) atoms. The Morgan fingerprint density at radius 2 is 1.32 bits per heavy atom. The van der Waals surface area contributed by atoms with Crippen molar-refractivity contribution in [3.05, 3.63) is 59.7 Å². The van der Waals surface area contributed by atoms with E-state index in [9.17, 15) is 35.9 Å². The molecule has 0 bridgehead atoms. The lowest BCUT2D eigenvalue weighted by Gasteiger charge is -2.32. The number of alkyl halides is 6.